The number of hydrogen-bond donors (Lipinski definition) is 8. The van der Waals surface area contributed by atoms with E-state index in [0.29, 0.717) is 52.6 Å². The van der Waals surface area contributed by atoms with Crippen molar-refractivity contribution in [2.45, 2.75) is 253 Å². The summed E-state index contributed by atoms with van der Waals surface area (Å²) in [5, 5.41) is 16.0. The summed E-state index contributed by atoms with van der Waals surface area (Å²) in [5.74, 6) is -0.822. The lowest BCUT2D eigenvalue weighted by Gasteiger charge is -2.19. The summed E-state index contributed by atoms with van der Waals surface area (Å²) in [7, 11) is -17.5. The fourth-order valence-corrected chi connectivity index (χ4v) is 19.1. The number of ether oxygens (including phenoxy) is 4. The number of likely N-dealkylation sites (tertiary alicyclic amines) is 4. The second-order valence-corrected chi connectivity index (χ2v) is 39.8. The van der Waals surface area contributed by atoms with Crippen LogP contribution in [0.1, 0.15) is 272 Å². The van der Waals surface area contributed by atoms with Gasteiger partial charge in [0.1, 0.15) is 68.4 Å². The third-order valence-corrected chi connectivity index (χ3v) is 27.9. The molecule has 4 aromatic carbocycles. The number of aryl methyl sites for hydroxylation is 8. The largest absolute Gasteiger partial charge is 0.493 e. The van der Waals surface area contributed by atoms with Gasteiger partial charge in [-0.1, -0.05) is 80.8 Å². The van der Waals surface area contributed by atoms with Crippen molar-refractivity contribution in [2.24, 2.45) is 28.0 Å². The van der Waals surface area contributed by atoms with Gasteiger partial charge in [0.2, 0.25) is 40.1 Å². The third kappa shape index (κ3) is 26.5. The Morgan fingerprint density at radius 1 is 0.361 bits per heavy atom. The van der Waals surface area contributed by atoms with Crippen molar-refractivity contribution in [3.8, 4) is 68.5 Å². The Labute approximate surface area is 910 Å². The van der Waals surface area contributed by atoms with Crippen molar-refractivity contribution in [3.63, 3.8) is 0 Å². The van der Waals surface area contributed by atoms with E-state index in [2.05, 4.69) is 65.0 Å². The van der Waals surface area contributed by atoms with Crippen LogP contribution in [0.2, 0.25) is 0 Å². The van der Waals surface area contributed by atoms with Gasteiger partial charge in [-0.25, -0.2) is 72.5 Å². The van der Waals surface area contributed by atoms with Gasteiger partial charge in [-0.3, -0.25) is 37.9 Å². The van der Waals surface area contributed by atoms with Crippen LogP contribution in [0.4, 0.5) is 0 Å². The van der Waals surface area contributed by atoms with E-state index >= 15 is 0 Å². The maximum absolute atomic E-state index is 13.6. The highest BCUT2D eigenvalue weighted by molar-refractivity contribution is 7.90. The quantitative estimate of drug-likeness (QED) is 0.0176. The number of nitrogens with one attached hydrogen (secondary N) is 8. The van der Waals surface area contributed by atoms with Gasteiger partial charge in [-0.2, -0.15) is 20.4 Å². The maximum atomic E-state index is 13.6. The summed E-state index contributed by atoms with van der Waals surface area (Å²) < 4.78 is 522. The van der Waals surface area contributed by atoms with Gasteiger partial charge in [0.25, 0.3) is 22.2 Å². The van der Waals surface area contributed by atoms with Crippen molar-refractivity contribution >= 4 is 84.2 Å². The van der Waals surface area contributed by atoms with Crippen LogP contribution in [0.15, 0.2) is 112 Å². The van der Waals surface area contributed by atoms with E-state index in [9.17, 15) is 52.8 Å². The zero-order chi connectivity index (χ0) is 144. The maximum Gasteiger partial charge on any atom is 0.277 e. The molecule has 0 spiro atoms. The molecule has 8 N–H and O–H groups in total. The number of benzene rings is 4. The van der Waals surface area contributed by atoms with Crippen LogP contribution < -0.4 is 60.1 Å². The van der Waals surface area contributed by atoms with Gasteiger partial charge in [0.05, 0.1) is 91.0 Å². The Kier molecular flexibility index (Phi) is 21.5. The Morgan fingerprint density at radius 2 is 0.653 bits per heavy atom. The molecule has 5 unspecified atom stereocenters. The molecule has 784 valence electrons. The van der Waals surface area contributed by atoms with Crippen LogP contribution in [-0.2, 0) is 93.7 Å². The Morgan fingerprint density at radius 3 is 0.965 bits per heavy atom. The van der Waals surface area contributed by atoms with Gasteiger partial charge in [-0.05, 0) is 255 Å². The molecule has 0 bridgehead atoms. The smallest absolute Gasteiger partial charge is 0.277 e. The minimum absolute atomic E-state index is 0.00360. The molecule has 0 aliphatic carbocycles. The summed E-state index contributed by atoms with van der Waals surface area (Å²) in [5.41, 5.74) is -7.12. The number of rotatable bonds is 44. The molecule has 12 aromatic rings. The van der Waals surface area contributed by atoms with Gasteiger partial charge < -0.3 is 58.5 Å². The molecular formula is C100H144N24O16S4. The molecular weight excluding hydrogens is 1920 g/mol. The number of nitrogens with zero attached hydrogens (tertiary/aromatic N) is 16. The van der Waals surface area contributed by atoms with E-state index in [1.165, 1.54) is 37.4 Å². The number of hydrogen-bond acceptors (Lipinski definition) is 28. The fourth-order valence-electron chi connectivity index (χ4n) is 15.6. The van der Waals surface area contributed by atoms with Crippen molar-refractivity contribution in [2.75, 3.05) is 107 Å². The van der Waals surface area contributed by atoms with Crippen LogP contribution >= 0.6 is 0 Å². The SMILES string of the molecule is [2H]C(NS(=O)(=O)c1ccc(OCCC)c(-c2nc3c(CCC([2H])([2H])[2H])nn(C([2H])([2H])[2H])c3c(=O)[nH]2)c1)C([2H])([2H])C1CCCN1C([2H])([2H])[2H].[2H]C([2H])([2H])CC([2H])([2H])c1nn(C)c2c(=O)[nH]c(-c3cc(S(=O)(=O)NC([2H])([2H])C([2H])([2H])C4CCCN4C([2H])([2H])[2H])ccc3OCCC)nc12.[2H]C([2H])([2H])CCc1nn(C([2H])([2H])[2H])c2c(=O)[nH]c(-c3cc(S(=O)(=O)NC([2H])([2H])C([2H])([2H])C4CCCN4C([2H])([2H])[2H])ccc3OCCC)nc12.[2H]C([2H])([2H])CCc1nn(C([2H])([2H])[2H])c2c(=O)[nH]c(-c3cc(S(=O)(=O)NCC([2H])([2H])C4CCCN4C([2H])([2H])[2H])ccc3OCCC)nc12. The molecule has 4 fully saturated rings. The van der Waals surface area contributed by atoms with Crippen LogP contribution in [0.3, 0.4) is 0 Å². The lowest BCUT2D eigenvalue weighted by atomic mass is 10.1. The normalized spacial score (nSPS) is 23.5. The molecule has 44 heteroatoms. The van der Waals surface area contributed by atoms with E-state index in [0.717, 1.165) is 66.7 Å². The first kappa shape index (κ1) is 62.2. The molecule has 16 rings (SSSR count). The number of aromatic amines is 4. The van der Waals surface area contributed by atoms with Gasteiger partial charge in [0.15, 0.2) is 22.1 Å². The zero-order valence-electron chi connectivity index (χ0n) is 127. The number of H-pyrrole nitrogens is 4. The predicted molar refractivity (Wildman–Crippen MR) is 559 cm³/mol. The molecule has 12 heterocycles. The highest BCUT2D eigenvalue weighted by Crippen LogP contribution is 2.38. The van der Waals surface area contributed by atoms with Crippen LogP contribution in [-0.4, -0.2) is 263 Å². The molecule has 8 aromatic heterocycles. The first-order valence-electron chi connectivity index (χ1n) is 70.0. The highest BCUT2D eigenvalue weighted by atomic mass is 32.2. The van der Waals surface area contributed by atoms with Crippen LogP contribution in [0.5, 0.6) is 23.0 Å². The summed E-state index contributed by atoms with van der Waals surface area (Å²) >= 11 is 0. The molecule has 0 saturated carbocycles. The minimum Gasteiger partial charge on any atom is -0.493 e. The van der Waals surface area contributed by atoms with Gasteiger partial charge >= 0.3 is 0 Å². The number of aromatic nitrogens is 16. The number of sulfonamides is 4. The van der Waals surface area contributed by atoms with Gasteiger partial charge in [0, 0.05) is 144 Å². The van der Waals surface area contributed by atoms with Gasteiger partial charge in [-0.15, -0.1) is 0 Å². The van der Waals surface area contributed by atoms with E-state index in [1.807, 2.05) is 18.6 Å². The Bertz CT molecular complexity index is 9370. The highest BCUT2D eigenvalue weighted by Gasteiger charge is 2.32. The Balaban J connectivity index is 0.000000206. The van der Waals surface area contributed by atoms with Crippen molar-refractivity contribution in [1.29, 1.82) is 0 Å². The summed E-state index contributed by atoms with van der Waals surface area (Å²) in [4.78, 5) is 82.3. The van der Waals surface area contributed by atoms with E-state index in [1.54, 1.807) is 23.3 Å². The molecule has 4 aliphatic rings. The standard InChI is InChI=1S/4C25H36N6O4S/c4*1-5-8-20-22-23(31(4)29-20)25(32)28-24(27-22)19-16-18(10-11-21(19)35-15-6-2)36(33,34)26-13-12-17-9-7-14-30(17)3/h4*10-11,16-17,26H,5-9,12-15H2,1-4H3,(H,27,28,32)/i1D3,3D3,8D2,12D2,13D2;1D3,3D3,4D3,12D2,13D2;1D3,3D3,4D3,12D2,13D;1D3,3D3,4D3,12D2. The summed E-state index contributed by atoms with van der Waals surface area (Å²) in [6.45, 7) is -30.7. The van der Waals surface area contributed by atoms with E-state index in [-0.39, 0.29) is 235 Å². The molecule has 0 amide bonds. The van der Waals surface area contributed by atoms with Crippen LogP contribution in [0, 0.1) is 0 Å². The molecule has 40 nitrogen and oxygen atoms in total. The number of fused-ring (bicyclic) bond motifs is 4. The average molecular weight is 2110 g/mol. The second-order valence-electron chi connectivity index (χ2n) is 33.0. The predicted octanol–water partition coefficient (Wildman–Crippen LogP) is 11.3. The molecule has 144 heavy (non-hydrogen) atoms. The average Bonchev–Trinajstić information content (AvgIpc) is 1.71. The fraction of sp³-hybridized carbons (Fsp3) is 0.560. The lowest BCUT2D eigenvalue weighted by Crippen LogP contribution is -2.31. The minimum atomic E-state index is -4.91. The molecule has 5 atom stereocenters. The molecule has 0 radical (unpaired) electrons. The topological polar surface area (TPSA) is 489 Å². The van der Waals surface area contributed by atoms with Crippen LogP contribution in [0.25, 0.3) is 89.7 Å². The third-order valence-electron chi connectivity index (χ3n) is 22.7. The monoisotopic (exact) mass is 2110 g/mol. The lowest BCUT2D eigenvalue weighted by molar-refractivity contribution is 0.297. The van der Waals surface area contributed by atoms with Crippen molar-refractivity contribution < 1.29 is 118 Å². The second kappa shape index (κ2) is 49.9. The molecule has 4 aliphatic heterocycles. The van der Waals surface area contributed by atoms with Crippen molar-refractivity contribution in [1.82, 2.24) is 117 Å². The molecule has 4 saturated heterocycles. The first-order valence-corrected chi connectivity index (χ1v) is 51.8. The van der Waals surface area contributed by atoms with E-state index < -0.39 is 277 Å². The summed E-state index contributed by atoms with van der Waals surface area (Å²) in [6.07, 6.45) is -12.6. The first-order chi connectivity index (χ1) is 87.6. The summed E-state index contributed by atoms with van der Waals surface area (Å²) in [6, 6.07) is 8.45. The van der Waals surface area contributed by atoms with Crippen molar-refractivity contribution in [3.05, 3.63) is 137 Å². The zero-order valence-corrected chi connectivity index (χ0v) is 82.2. The Hall–Kier alpha value is -11.0. The van der Waals surface area contributed by atoms with E-state index in [4.69, 9.17) is 84.7 Å².